The Labute approximate surface area is 102 Å². The fraction of sp³-hybridized carbons (Fsp3) is 0. The molecule has 1 radical (unpaired) electrons. The molecule has 1 amide bonds. The summed E-state index contributed by atoms with van der Waals surface area (Å²) in [5.41, 5.74) is 6.76. The number of aromatic nitrogens is 4. The van der Waals surface area contributed by atoms with Crippen LogP contribution in [-0.2, 0) is 0 Å². The molecule has 0 aliphatic rings. The molecule has 87 valence electrons. The fourth-order valence-electron chi connectivity index (χ4n) is 1.65. The first-order chi connectivity index (χ1) is 8.75. The van der Waals surface area contributed by atoms with Crippen molar-refractivity contribution in [1.29, 1.82) is 0 Å². The SMILES string of the molecule is NC(=O)c1c[c]cn2nc(-c3cccnc3)nc12. The number of carbonyl (C=O) groups is 1. The van der Waals surface area contributed by atoms with Gasteiger partial charge in [0.1, 0.15) is 0 Å². The smallest absolute Gasteiger partial charge is 0.252 e. The van der Waals surface area contributed by atoms with Gasteiger partial charge >= 0.3 is 0 Å². The highest BCUT2D eigenvalue weighted by atomic mass is 16.1. The third-order valence-electron chi connectivity index (χ3n) is 2.48. The van der Waals surface area contributed by atoms with Gasteiger partial charge in [-0.05, 0) is 18.2 Å². The maximum atomic E-state index is 11.3. The fourth-order valence-corrected chi connectivity index (χ4v) is 1.65. The molecule has 0 fully saturated rings. The van der Waals surface area contributed by atoms with Crippen LogP contribution in [0.2, 0.25) is 0 Å². The number of hydrogen-bond acceptors (Lipinski definition) is 4. The zero-order chi connectivity index (χ0) is 12.5. The molecule has 0 aliphatic carbocycles. The van der Waals surface area contributed by atoms with Crippen molar-refractivity contribution in [3.8, 4) is 11.4 Å². The average molecular weight is 238 g/mol. The molecule has 3 rings (SSSR count). The van der Waals surface area contributed by atoms with Gasteiger partial charge in [-0.25, -0.2) is 9.50 Å². The maximum Gasteiger partial charge on any atom is 0.252 e. The molecule has 0 bridgehead atoms. The van der Waals surface area contributed by atoms with E-state index in [0.29, 0.717) is 17.0 Å². The summed E-state index contributed by atoms with van der Waals surface area (Å²) in [6.07, 6.45) is 4.92. The summed E-state index contributed by atoms with van der Waals surface area (Å²) in [6.45, 7) is 0. The minimum atomic E-state index is -0.554. The van der Waals surface area contributed by atoms with Crippen molar-refractivity contribution in [2.45, 2.75) is 0 Å². The van der Waals surface area contributed by atoms with Crippen molar-refractivity contribution in [3.05, 3.63) is 48.4 Å². The van der Waals surface area contributed by atoms with Gasteiger partial charge in [0.2, 0.25) is 0 Å². The highest BCUT2D eigenvalue weighted by molar-refractivity contribution is 5.98. The molecule has 3 aromatic rings. The third-order valence-corrected chi connectivity index (χ3v) is 2.48. The maximum absolute atomic E-state index is 11.3. The molecular weight excluding hydrogens is 230 g/mol. The Hall–Kier alpha value is -2.76. The van der Waals surface area contributed by atoms with E-state index in [1.54, 1.807) is 24.7 Å². The summed E-state index contributed by atoms with van der Waals surface area (Å²) in [5.74, 6) is -0.0628. The minimum absolute atomic E-state index is 0.292. The van der Waals surface area contributed by atoms with E-state index in [4.69, 9.17) is 5.73 Å². The molecule has 2 N–H and O–H groups in total. The molecule has 0 spiro atoms. The van der Waals surface area contributed by atoms with Gasteiger partial charge in [-0.3, -0.25) is 9.78 Å². The van der Waals surface area contributed by atoms with Crippen molar-refractivity contribution in [1.82, 2.24) is 19.6 Å². The van der Waals surface area contributed by atoms with Gasteiger partial charge < -0.3 is 5.73 Å². The molecule has 6 nitrogen and oxygen atoms in total. The average Bonchev–Trinajstić information content (AvgIpc) is 2.83. The second-order valence-corrected chi connectivity index (χ2v) is 3.66. The predicted molar refractivity (Wildman–Crippen MR) is 63.6 cm³/mol. The Bertz CT molecular complexity index is 720. The summed E-state index contributed by atoms with van der Waals surface area (Å²) in [5, 5.41) is 4.25. The van der Waals surface area contributed by atoms with Crippen LogP contribution in [0.1, 0.15) is 10.4 Å². The lowest BCUT2D eigenvalue weighted by Crippen LogP contribution is -2.12. The summed E-state index contributed by atoms with van der Waals surface area (Å²) < 4.78 is 1.47. The van der Waals surface area contributed by atoms with E-state index < -0.39 is 5.91 Å². The van der Waals surface area contributed by atoms with Crippen LogP contribution in [0.3, 0.4) is 0 Å². The van der Waals surface area contributed by atoms with Crippen molar-refractivity contribution in [3.63, 3.8) is 0 Å². The number of nitrogens with zero attached hydrogens (tertiary/aromatic N) is 4. The third kappa shape index (κ3) is 1.60. The quantitative estimate of drug-likeness (QED) is 0.711. The summed E-state index contributed by atoms with van der Waals surface area (Å²) in [7, 11) is 0. The van der Waals surface area contributed by atoms with Gasteiger partial charge in [-0.1, -0.05) is 0 Å². The Morgan fingerprint density at radius 3 is 3.06 bits per heavy atom. The van der Waals surface area contributed by atoms with Gasteiger partial charge in [-0.15, -0.1) is 5.10 Å². The second-order valence-electron chi connectivity index (χ2n) is 3.66. The molecule has 6 heteroatoms. The summed E-state index contributed by atoms with van der Waals surface area (Å²) in [6, 6.07) is 7.93. The van der Waals surface area contributed by atoms with Gasteiger partial charge in [0.05, 0.1) is 5.56 Å². The highest BCUT2D eigenvalue weighted by Gasteiger charge is 2.12. The number of hydrogen-bond donors (Lipinski definition) is 1. The second kappa shape index (κ2) is 3.92. The first-order valence-electron chi connectivity index (χ1n) is 5.22. The van der Waals surface area contributed by atoms with E-state index in [0.717, 1.165) is 5.56 Å². The van der Waals surface area contributed by atoms with Crippen LogP contribution in [0.25, 0.3) is 17.0 Å². The Morgan fingerprint density at radius 1 is 1.44 bits per heavy atom. The Balaban J connectivity index is 2.23. The number of nitrogens with two attached hydrogens (primary N) is 1. The van der Waals surface area contributed by atoms with Crippen LogP contribution in [0.5, 0.6) is 0 Å². The topological polar surface area (TPSA) is 86.2 Å². The standard InChI is InChI=1S/C12H8N5O/c13-10(18)9-4-2-6-17-12(9)15-11(16-17)8-3-1-5-14-7-8/h1,3-7H,(H2,13,18). The number of carbonyl (C=O) groups excluding carboxylic acids is 1. The first kappa shape index (κ1) is 10.4. The molecule has 0 saturated carbocycles. The zero-order valence-electron chi connectivity index (χ0n) is 9.24. The van der Waals surface area contributed by atoms with Gasteiger partial charge in [0, 0.05) is 30.2 Å². The van der Waals surface area contributed by atoms with Crippen LogP contribution < -0.4 is 5.73 Å². The van der Waals surface area contributed by atoms with Crippen molar-refractivity contribution >= 4 is 11.6 Å². The van der Waals surface area contributed by atoms with Crippen molar-refractivity contribution < 1.29 is 4.79 Å². The monoisotopic (exact) mass is 238 g/mol. The lowest BCUT2D eigenvalue weighted by atomic mass is 10.2. The van der Waals surface area contributed by atoms with Crippen molar-refractivity contribution in [2.75, 3.05) is 0 Å². The molecule has 0 saturated heterocycles. The van der Waals surface area contributed by atoms with Crippen LogP contribution in [0.15, 0.2) is 36.8 Å². The lowest BCUT2D eigenvalue weighted by molar-refractivity contribution is 0.100. The van der Waals surface area contributed by atoms with Crippen LogP contribution in [0.4, 0.5) is 0 Å². The molecule has 3 aromatic heterocycles. The van der Waals surface area contributed by atoms with E-state index in [1.165, 1.54) is 10.6 Å². The summed E-state index contributed by atoms with van der Waals surface area (Å²) >= 11 is 0. The largest absolute Gasteiger partial charge is 0.365 e. The predicted octanol–water partition coefficient (Wildman–Crippen LogP) is 0.690. The highest BCUT2D eigenvalue weighted by Crippen LogP contribution is 2.16. The van der Waals surface area contributed by atoms with E-state index >= 15 is 0 Å². The van der Waals surface area contributed by atoms with Gasteiger partial charge in [-0.2, -0.15) is 0 Å². The zero-order valence-corrected chi connectivity index (χ0v) is 9.24. The van der Waals surface area contributed by atoms with Crippen molar-refractivity contribution in [2.24, 2.45) is 5.73 Å². The van der Waals surface area contributed by atoms with E-state index in [9.17, 15) is 4.79 Å². The van der Waals surface area contributed by atoms with Gasteiger partial charge in [0.15, 0.2) is 11.5 Å². The number of rotatable bonds is 2. The Kier molecular flexibility index (Phi) is 2.26. The van der Waals surface area contributed by atoms with Crippen LogP contribution >= 0.6 is 0 Å². The van der Waals surface area contributed by atoms with E-state index in [1.807, 2.05) is 6.07 Å². The molecular formula is C12H8N5O. The minimum Gasteiger partial charge on any atom is -0.365 e. The summed E-state index contributed by atoms with van der Waals surface area (Å²) in [4.78, 5) is 19.6. The van der Waals surface area contributed by atoms with E-state index in [2.05, 4.69) is 21.1 Å². The Morgan fingerprint density at radius 2 is 2.33 bits per heavy atom. The molecule has 0 aliphatic heterocycles. The molecule has 0 unspecified atom stereocenters. The van der Waals surface area contributed by atoms with Gasteiger partial charge in [0.25, 0.3) is 5.91 Å². The molecule has 18 heavy (non-hydrogen) atoms. The number of amides is 1. The molecule has 0 aromatic carbocycles. The number of primary amides is 1. The number of pyridine rings is 2. The molecule has 0 atom stereocenters. The lowest BCUT2D eigenvalue weighted by Gasteiger charge is -1.95. The molecule has 3 heterocycles. The first-order valence-corrected chi connectivity index (χ1v) is 5.22. The number of fused-ring (bicyclic) bond motifs is 1. The van der Waals surface area contributed by atoms with E-state index in [-0.39, 0.29) is 0 Å². The van der Waals surface area contributed by atoms with Crippen LogP contribution in [-0.4, -0.2) is 25.5 Å². The van der Waals surface area contributed by atoms with Crippen LogP contribution in [0, 0.1) is 6.07 Å². The normalized spacial score (nSPS) is 10.7.